The second-order valence-corrected chi connectivity index (χ2v) is 2.91. The maximum absolute atomic E-state index is 10.7. The molecule has 0 unspecified atom stereocenters. The van der Waals surface area contributed by atoms with Crippen LogP contribution in [0.25, 0.3) is 10.9 Å². The van der Waals surface area contributed by atoms with Gasteiger partial charge in [0.2, 0.25) is 0 Å². The molecule has 2 rings (SSSR count). The first-order valence-corrected chi connectivity index (χ1v) is 4.11. The molecular formula is C10H9NO3. The Hall–Kier alpha value is -1.97. The molecule has 0 atom stereocenters. The Morgan fingerprint density at radius 1 is 1.50 bits per heavy atom. The van der Waals surface area contributed by atoms with E-state index < -0.39 is 5.97 Å². The third-order valence-electron chi connectivity index (χ3n) is 2.07. The molecule has 1 aromatic carbocycles. The summed E-state index contributed by atoms with van der Waals surface area (Å²) in [7, 11) is 1.55. The van der Waals surface area contributed by atoms with Crippen molar-refractivity contribution in [1.82, 2.24) is 4.98 Å². The molecule has 0 spiro atoms. The number of fused-ring (bicyclic) bond motifs is 1. The summed E-state index contributed by atoms with van der Waals surface area (Å²) >= 11 is 0. The molecule has 72 valence electrons. The summed E-state index contributed by atoms with van der Waals surface area (Å²) in [5.74, 6) is -0.321. The molecular weight excluding hydrogens is 182 g/mol. The van der Waals surface area contributed by atoms with E-state index in [1.54, 1.807) is 19.2 Å². The van der Waals surface area contributed by atoms with Crippen molar-refractivity contribution in [2.45, 2.75) is 0 Å². The van der Waals surface area contributed by atoms with E-state index in [1.165, 1.54) is 0 Å². The zero-order chi connectivity index (χ0) is 10.1. The van der Waals surface area contributed by atoms with Crippen LogP contribution in [-0.2, 0) is 0 Å². The minimum Gasteiger partial charge on any atom is -0.495 e. The van der Waals surface area contributed by atoms with Gasteiger partial charge in [-0.05, 0) is 12.1 Å². The zero-order valence-corrected chi connectivity index (χ0v) is 7.57. The average Bonchev–Trinajstić information content (AvgIpc) is 2.60. The van der Waals surface area contributed by atoms with Gasteiger partial charge < -0.3 is 14.8 Å². The first-order valence-electron chi connectivity index (χ1n) is 4.11. The van der Waals surface area contributed by atoms with Gasteiger partial charge >= 0.3 is 5.97 Å². The normalized spacial score (nSPS) is 10.4. The van der Waals surface area contributed by atoms with Gasteiger partial charge in [0.15, 0.2) is 0 Å². The number of methoxy groups -OCH3 is 1. The first kappa shape index (κ1) is 8.62. The summed E-state index contributed by atoms with van der Waals surface area (Å²) < 4.78 is 5.10. The van der Waals surface area contributed by atoms with E-state index in [1.807, 2.05) is 12.1 Å². The van der Waals surface area contributed by atoms with E-state index in [4.69, 9.17) is 9.84 Å². The van der Waals surface area contributed by atoms with Gasteiger partial charge in [-0.1, -0.05) is 12.1 Å². The second-order valence-electron chi connectivity index (χ2n) is 2.91. The van der Waals surface area contributed by atoms with Crippen molar-refractivity contribution in [2.75, 3.05) is 7.11 Å². The Labute approximate surface area is 80.1 Å². The van der Waals surface area contributed by atoms with Gasteiger partial charge in [0.25, 0.3) is 0 Å². The van der Waals surface area contributed by atoms with Gasteiger partial charge in [0, 0.05) is 5.39 Å². The number of carboxylic acids is 1. The van der Waals surface area contributed by atoms with Crippen LogP contribution in [0.1, 0.15) is 10.5 Å². The highest BCUT2D eigenvalue weighted by Crippen LogP contribution is 2.25. The number of nitrogens with one attached hydrogen (secondary N) is 1. The minimum absolute atomic E-state index is 0.171. The fourth-order valence-corrected chi connectivity index (χ4v) is 1.41. The Morgan fingerprint density at radius 2 is 2.29 bits per heavy atom. The number of benzene rings is 1. The van der Waals surface area contributed by atoms with Gasteiger partial charge in [-0.3, -0.25) is 0 Å². The molecule has 2 N–H and O–H groups in total. The van der Waals surface area contributed by atoms with Gasteiger partial charge in [-0.2, -0.15) is 0 Å². The van der Waals surface area contributed by atoms with E-state index in [0.717, 1.165) is 5.39 Å². The molecule has 1 heterocycles. The third kappa shape index (κ3) is 1.21. The highest BCUT2D eigenvalue weighted by molar-refractivity contribution is 5.95. The molecule has 2 aromatic rings. The number of rotatable bonds is 2. The maximum Gasteiger partial charge on any atom is 0.352 e. The van der Waals surface area contributed by atoms with Crippen LogP contribution in [0.4, 0.5) is 0 Å². The number of hydrogen-bond acceptors (Lipinski definition) is 2. The lowest BCUT2D eigenvalue weighted by Gasteiger charge is -1.99. The maximum atomic E-state index is 10.7. The lowest BCUT2D eigenvalue weighted by Crippen LogP contribution is -1.95. The van der Waals surface area contributed by atoms with Gasteiger partial charge in [-0.25, -0.2) is 4.79 Å². The Balaban J connectivity index is 2.70. The van der Waals surface area contributed by atoms with Crippen LogP contribution in [-0.4, -0.2) is 23.2 Å². The molecule has 4 heteroatoms. The zero-order valence-electron chi connectivity index (χ0n) is 7.57. The average molecular weight is 191 g/mol. The van der Waals surface area contributed by atoms with E-state index in [2.05, 4.69) is 4.98 Å². The highest BCUT2D eigenvalue weighted by Gasteiger charge is 2.09. The Bertz CT molecular complexity index is 487. The second kappa shape index (κ2) is 3.06. The molecule has 0 amide bonds. The van der Waals surface area contributed by atoms with Crippen molar-refractivity contribution < 1.29 is 14.6 Å². The monoisotopic (exact) mass is 191 g/mol. The number of aromatic amines is 1. The fraction of sp³-hybridized carbons (Fsp3) is 0.100. The smallest absolute Gasteiger partial charge is 0.352 e. The predicted octanol–water partition coefficient (Wildman–Crippen LogP) is 1.87. The quantitative estimate of drug-likeness (QED) is 0.761. The van der Waals surface area contributed by atoms with Crippen LogP contribution < -0.4 is 4.74 Å². The Kier molecular flexibility index (Phi) is 1.89. The number of H-pyrrole nitrogens is 1. The molecule has 0 fully saturated rings. The summed E-state index contributed by atoms with van der Waals surface area (Å²) in [5.41, 5.74) is 0.886. The molecule has 0 aliphatic carbocycles. The largest absolute Gasteiger partial charge is 0.495 e. The van der Waals surface area contributed by atoms with Crippen molar-refractivity contribution in [3.8, 4) is 5.75 Å². The van der Waals surface area contributed by atoms with Gasteiger partial charge in [0.1, 0.15) is 11.4 Å². The number of aromatic nitrogens is 1. The number of hydrogen-bond donors (Lipinski definition) is 2. The van der Waals surface area contributed by atoms with Crippen LogP contribution in [0, 0.1) is 0 Å². The number of carbonyl (C=O) groups is 1. The molecule has 0 aliphatic heterocycles. The first-order chi connectivity index (χ1) is 6.72. The lowest BCUT2D eigenvalue weighted by molar-refractivity contribution is 0.0691. The van der Waals surface area contributed by atoms with E-state index >= 15 is 0 Å². The van der Waals surface area contributed by atoms with Gasteiger partial charge in [0.05, 0.1) is 12.6 Å². The summed E-state index contributed by atoms with van der Waals surface area (Å²) in [4.78, 5) is 13.5. The third-order valence-corrected chi connectivity index (χ3v) is 2.07. The van der Waals surface area contributed by atoms with Crippen molar-refractivity contribution >= 4 is 16.9 Å². The molecule has 4 nitrogen and oxygen atoms in total. The van der Waals surface area contributed by atoms with E-state index in [9.17, 15) is 4.79 Å². The minimum atomic E-state index is -0.969. The number of aromatic carboxylic acids is 1. The van der Waals surface area contributed by atoms with Crippen LogP contribution in [0.3, 0.4) is 0 Å². The molecule has 0 aliphatic rings. The van der Waals surface area contributed by atoms with Crippen LogP contribution in [0.15, 0.2) is 24.3 Å². The molecule has 0 saturated carbocycles. The molecule has 0 bridgehead atoms. The van der Waals surface area contributed by atoms with Crippen molar-refractivity contribution in [3.63, 3.8) is 0 Å². The fourth-order valence-electron chi connectivity index (χ4n) is 1.41. The Morgan fingerprint density at radius 3 is 2.93 bits per heavy atom. The van der Waals surface area contributed by atoms with Crippen LogP contribution >= 0.6 is 0 Å². The lowest BCUT2D eigenvalue weighted by atomic mass is 10.2. The summed E-state index contributed by atoms with van der Waals surface area (Å²) in [6.07, 6.45) is 0. The predicted molar refractivity (Wildman–Crippen MR) is 51.8 cm³/mol. The number of ether oxygens (including phenoxy) is 1. The van der Waals surface area contributed by atoms with Crippen LogP contribution in [0.2, 0.25) is 0 Å². The molecule has 14 heavy (non-hydrogen) atoms. The van der Waals surface area contributed by atoms with Crippen molar-refractivity contribution in [3.05, 3.63) is 30.0 Å². The van der Waals surface area contributed by atoms with Crippen LogP contribution in [0.5, 0.6) is 5.75 Å². The molecule has 1 aromatic heterocycles. The van der Waals surface area contributed by atoms with Crippen molar-refractivity contribution in [2.24, 2.45) is 0 Å². The highest BCUT2D eigenvalue weighted by atomic mass is 16.5. The van der Waals surface area contributed by atoms with Gasteiger partial charge in [-0.15, -0.1) is 0 Å². The van der Waals surface area contributed by atoms with E-state index in [-0.39, 0.29) is 5.69 Å². The standard InChI is InChI=1S/C10H9NO3/c1-14-8-4-2-3-6-5-7(10(12)13)11-9(6)8/h2-5,11H,1H3,(H,12,13). The molecule has 0 radical (unpaired) electrons. The van der Waals surface area contributed by atoms with E-state index in [0.29, 0.717) is 11.3 Å². The number of para-hydroxylation sites is 1. The topological polar surface area (TPSA) is 62.3 Å². The summed E-state index contributed by atoms with van der Waals surface area (Å²) in [5, 5.41) is 9.61. The summed E-state index contributed by atoms with van der Waals surface area (Å²) in [6, 6.07) is 7.02. The SMILES string of the molecule is COc1cccc2cc(C(=O)O)[nH]c12. The summed E-state index contributed by atoms with van der Waals surface area (Å²) in [6.45, 7) is 0. The number of carboxylic acid groups (broad SMARTS) is 1. The van der Waals surface area contributed by atoms with Crippen molar-refractivity contribution in [1.29, 1.82) is 0 Å². The molecule has 0 saturated heterocycles.